The minimum Gasteiger partial charge on any atom is -0.289 e. The molecule has 3 aromatic rings. The third-order valence-corrected chi connectivity index (χ3v) is 2.82. The maximum absolute atomic E-state index is 11.8. The molecule has 0 saturated carbocycles. The standard InChI is InChI=1S/C15H10O/c16-15-8-4-3-7-13-9-11-5-1-2-6-12(11)10-14(13)15/h1-10H. The van der Waals surface area contributed by atoms with Crippen molar-refractivity contribution in [1.82, 2.24) is 0 Å². The number of hydrogen-bond acceptors (Lipinski definition) is 1. The molecule has 0 aliphatic heterocycles. The van der Waals surface area contributed by atoms with E-state index in [9.17, 15) is 4.79 Å². The predicted octanol–water partition coefficient (Wildman–Crippen LogP) is 3.35. The zero-order valence-corrected chi connectivity index (χ0v) is 8.68. The highest BCUT2D eigenvalue weighted by Gasteiger charge is 1.98. The van der Waals surface area contributed by atoms with Gasteiger partial charge in [-0.1, -0.05) is 42.5 Å². The summed E-state index contributed by atoms with van der Waals surface area (Å²) in [7, 11) is 0. The van der Waals surface area contributed by atoms with Gasteiger partial charge in [0.1, 0.15) is 0 Å². The van der Waals surface area contributed by atoms with Crippen molar-refractivity contribution in [1.29, 1.82) is 0 Å². The van der Waals surface area contributed by atoms with Gasteiger partial charge in [0.05, 0.1) is 0 Å². The summed E-state index contributed by atoms with van der Waals surface area (Å²) in [4.78, 5) is 11.8. The van der Waals surface area contributed by atoms with E-state index in [1.807, 2.05) is 36.4 Å². The van der Waals surface area contributed by atoms with Gasteiger partial charge in [-0.2, -0.15) is 0 Å². The largest absolute Gasteiger partial charge is 0.289 e. The summed E-state index contributed by atoms with van der Waals surface area (Å²) in [6.07, 6.45) is 0. The lowest BCUT2D eigenvalue weighted by molar-refractivity contribution is 1.73. The van der Waals surface area contributed by atoms with Crippen LogP contribution in [0.3, 0.4) is 0 Å². The molecular weight excluding hydrogens is 196 g/mol. The molecule has 0 spiro atoms. The zero-order chi connectivity index (χ0) is 11.0. The fourth-order valence-corrected chi connectivity index (χ4v) is 2.00. The van der Waals surface area contributed by atoms with Crippen LogP contribution >= 0.6 is 0 Å². The van der Waals surface area contributed by atoms with Gasteiger partial charge < -0.3 is 0 Å². The first-order valence-electron chi connectivity index (χ1n) is 5.26. The van der Waals surface area contributed by atoms with Crippen LogP contribution in [0.25, 0.3) is 21.5 Å². The Morgan fingerprint density at radius 3 is 1.94 bits per heavy atom. The van der Waals surface area contributed by atoms with Crippen molar-refractivity contribution in [3.8, 4) is 0 Å². The van der Waals surface area contributed by atoms with E-state index in [-0.39, 0.29) is 5.43 Å². The maximum atomic E-state index is 11.8. The van der Waals surface area contributed by atoms with Crippen molar-refractivity contribution >= 4 is 21.5 Å². The van der Waals surface area contributed by atoms with Crippen LogP contribution in [-0.2, 0) is 0 Å². The SMILES string of the molecule is O=c1ccccc2cc3ccccc3cc12. The fraction of sp³-hybridized carbons (Fsp3) is 0. The van der Waals surface area contributed by atoms with E-state index in [4.69, 9.17) is 0 Å². The second-order valence-electron chi connectivity index (χ2n) is 3.87. The molecule has 1 nitrogen and oxygen atoms in total. The highest BCUT2D eigenvalue weighted by molar-refractivity contribution is 5.97. The van der Waals surface area contributed by atoms with Crippen molar-refractivity contribution in [2.75, 3.05) is 0 Å². The number of benzene rings is 2. The number of fused-ring (bicyclic) bond motifs is 2. The quantitative estimate of drug-likeness (QED) is 0.551. The maximum Gasteiger partial charge on any atom is 0.186 e. The summed E-state index contributed by atoms with van der Waals surface area (Å²) >= 11 is 0. The minimum absolute atomic E-state index is 0.0748. The van der Waals surface area contributed by atoms with Crippen molar-refractivity contribution < 1.29 is 0 Å². The van der Waals surface area contributed by atoms with Gasteiger partial charge in [0.15, 0.2) is 5.43 Å². The van der Waals surface area contributed by atoms with Crippen LogP contribution in [0, 0.1) is 0 Å². The molecule has 0 saturated heterocycles. The van der Waals surface area contributed by atoms with Crippen LogP contribution in [-0.4, -0.2) is 0 Å². The summed E-state index contributed by atoms with van der Waals surface area (Å²) in [5.41, 5.74) is 0.0748. The van der Waals surface area contributed by atoms with Crippen LogP contribution in [0.5, 0.6) is 0 Å². The highest BCUT2D eigenvalue weighted by atomic mass is 16.1. The highest BCUT2D eigenvalue weighted by Crippen LogP contribution is 2.19. The molecule has 0 radical (unpaired) electrons. The monoisotopic (exact) mass is 206 g/mol. The first-order chi connectivity index (χ1) is 7.84. The third kappa shape index (κ3) is 1.38. The Morgan fingerprint density at radius 2 is 1.19 bits per heavy atom. The molecule has 0 atom stereocenters. The predicted molar refractivity (Wildman–Crippen MR) is 67.7 cm³/mol. The van der Waals surface area contributed by atoms with Crippen LogP contribution in [0.1, 0.15) is 0 Å². The van der Waals surface area contributed by atoms with Gasteiger partial charge >= 0.3 is 0 Å². The normalized spacial score (nSPS) is 10.8. The van der Waals surface area contributed by atoms with E-state index in [1.165, 1.54) is 5.39 Å². The second-order valence-corrected chi connectivity index (χ2v) is 3.87. The molecule has 0 heterocycles. The fourth-order valence-electron chi connectivity index (χ4n) is 2.00. The number of hydrogen-bond donors (Lipinski definition) is 0. The Balaban J connectivity index is 2.60. The van der Waals surface area contributed by atoms with Gasteiger partial charge in [0.25, 0.3) is 0 Å². The average molecular weight is 206 g/mol. The molecule has 16 heavy (non-hydrogen) atoms. The Bertz CT molecular complexity index is 729. The Kier molecular flexibility index (Phi) is 1.97. The summed E-state index contributed by atoms with van der Waals surface area (Å²) < 4.78 is 0. The van der Waals surface area contributed by atoms with Crippen LogP contribution in [0.4, 0.5) is 0 Å². The molecule has 0 unspecified atom stereocenters. The lowest BCUT2D eigenvalue weighted by atomic mass is 10.1. The van der Waals surface area contributed by atoms with Gasteiger partial charge in [-0.25, -0.2) is 0 Å². The van der Waals surface area contributed by atoms with Gasteiger partial charge in [-0.3, -0.25) is 4.79 Å². The topological polar surface area (TPSA) is 17.1 Å². The van der Waals surface area contributed by atoms with E-state index < -0.39 is 0 Å². The van der Waals surface area contributed by atoms with Crippen molar-refractivity contribution in [2.45, 2.75) is 0 Å². The summed E-state index contributed by atoms with van der Waals surface area (Å²) in [6, 6.07) is 19.4. The van der Waals surface area contributed by atoms with E-state index >= 15 is 0 Å². The van der Waals surface area contributed by atoms with Crippen LogP contribution in [0.2, 0.25) is 0 Å². The van der Waals surface area contributed by atoms with E-state index in [0.717, 1.165) is 16.2 Å². The van der Waals surface area contributed by atoms with Gasteiger partial charge in [0.2, 0.25) is 0 Å². The van der Waals surface area contributed by atoms with E-state index in [0.29, 0.717) is 0 Å². The molecule has 0 aliphatic rings. The Hall–Kier alpha value is -2.15. The van der Waals surface area contributed by atoms with Crippen LogP contribution in [0.15, 0.2) is 65.5 Å². The molecule has 76 valence electrons. The summed E-state index contributed by atoms with van der Waals surface area (Å²) in [6.45, 7) is 0. The molecule has 0 amide bonds. The third-order valence-electron chi connectivity index (χ3n) is 2.82. The van der Waals surface area contributed by atoms with Gasteiger partial charge in [0, 0.05) is 5.39 Å². The van der Waals surface area contributed by atoms with Crippen molar-refractivity contribution in [3.63, 3.8) is 0 Å². The molecule has 0 bridgehead atoms. The van der Waals surface area contributed by atoms with Gasteiger partial charge in [-0.05, 0) is 34.4 Å². The molecular formula is C15H10O. The molecule has 3 aromatic carbocycles. The van der Waals surface area contributed by atoms with Crippen molar-refractivity contribution in [3.05, 3.63) is 70.9 Å². The van der Waals surface area contributed by atoms with E-state index in [2.05, 4.69) is 12.1 Å². The Labute approximate surface area is 93.0 Å². The van der Waals surface area contributed by atoms with Crippen molar-refractivity contribution in [2.24, 2.45) is 0 Å². The minimum atomic E-state index is 0.0748. The average Bonchev–Trinajstić information content (AvgIpc) is 2.49. The first kappa shape index (κ1) is 9.10. The lowest BCUT2D eigenvalue weighted by Crippen LogP contribution is -1.94. The molecule has 3 rings (SSSR count). The molecule has 0 N–H and O–H groups in total. The van der Waals surface area contributed by atoms with Gasteiger partial charge in [-0.15, -0.1) is 0 Å². The lowest BCUT2D eigenvalue weighted by Gasteiger charge is -1.98. The second kappa shape index (κ2) is 3.46. The van der Waals surface area contributed by atoms with Crippen LogP contribution < -0.4 is 5.43 Å². The molecule has 0 fully saturated rings. The number of rotatable bonds is 0. The zero-order valence-electron chi connectivity index (χ0n) is 8.68. The summed E-state index contributed by atoms with van der Waals surface area (Å²) in [5, 5.41) is 4.05. The smallest absolute Gasteiger partial charge is 0.186 e. The van der Waals surface area contributed by atoms with E-state index in [1.54, 1.807) is 12.1 Å². The first-order valence-corrected chi connectivity index (χ1v) is 5.26. The molecule has 1 heteroatoms. The summed E-state index contributed by atoms with van der Waals surface area (Å²) in [5.74, 6) is 0. The molecule has 0 aliphatic carbocycles. The molecule has 0 aromatic heterocycles. The Morgan fingerprint density at radius 1 is 0.625 bits per heavy atom.